The van der Waals surface area contributed by atoms with Crippen LogP contribution in [0.3, 0.4) is 0 Å². The Morgan fingerprint density at radius 2 is 2.00 bits per heavy atom. The first-order chi connectivity index (χ1) is 11.1. The smallest absolute Gasteiger partial charge is 0.271 e. The maximum atomic E-state index is 12.0. The number of aromatic nitrogens is 2. The average Bonchev–Trinajstić information content (AvgIpc) is 2.89. The molecule has 0 atom stereocenters. The molecule has 0 radical (unpaired) electrons. The van der Waals surface area contributed by atoms with Gasteiger partial charge in [0.25, 0.3) is 5.56 Å². The number of rotatable bonds is 5. The second-order valence-electron chi connectivity index (χ2n) is 5.49. The minimum absolute atomic E-state index is 0.131. The number of aryl methyl sites for hydroxylation is 2. The number of pyridine rings is 1. The van der Waals surface area contributed by atoms with Gasteiger partial charge in [0.1, 0.15) is 11.4 Å². The van der Waals surface area contributed by atoms with Gasteiger partial charge in [-0.3, -0.25) is 4.79 Å². The van der Waals surface area contributed by atoms with E-state index >= 15 is 0 Å². The molecule has 23 heavy (non-hydrogen) atoms. The highest BCUT2D eigenvalue weighted by Crippen LogP contribution is 2.26. The van der Waals surface area contributed by atoms with Crippen LogP contribution < -0.4 is 10.9 Å². The summed E-state index contributed by atoms with van der Waals surface area (Å²) in [6.07, 6.45) is 2.55. The number of hydrogen-bond donors (Lipinski definition) is 2. The van der Waals surface area contributed by atoms with Crippen LogP contribution in [0.1, 0.15) is 17.0 Å². The van der Waals surface area contributed by atoms with Crippen molar-refractivity contribution in [1.82, 2.24) is 10.1 Å². The molecule has 2 aromatic heterocycles. The van der Waals surface area contributed by atoms with E-state index in [-0.39, 0.29) is 5.56 Å². The normalized spacial score (nSPS) is 10.7. The Hall–Kier alpha value is -2.82. The number of hydrogen-bond acceptors (Lipinski definition) is 4. The highest BCUT2D eigenvalue weighted by atomic mass is 16.5. The Bertz CT molecular complexity index is 831. The Morgan fingerprint density at radius 3 is 2.70 bits per heavy atom. The second kappa shape index (κ2) is 6.52. The maximum Gasteiger partial charge on any atom is 0.271 e. The summed E-state index contributed by atoms with van der Waals surface area (Å²) in [4.78, 5) is 14.8. The van der Waals surface area contributed by atoms with E-state index in [2.05, 4.69) is 27.6 Å². The minimum Gasteiger partial charge on any atom is -0.380 e. The van der Waals surface area contributed by atoms with Gasteiger partial charge in [-0.1, -0.05) is 35.5 Å². The highest BCUT2D eigenvalue weighted by Gasteiger charge is 2.13. The van der Waals surface area contributed by atoms with E-state index in [0.717, 1.165) is 29.0 Å². The number of anilines is 1. The van der Waals surface area contributed by atoms with Crippen molar-refractivity contribution in [3.8, 4) is 11.1 Å². The average molecular weight is 309 g/mol. The van der Waals surface area contributed by atoms with Crippen molar-refractivity contribution in [1.29, 1.82) is 0 Å². The molecule has 1 aromatic carbocycles. The van der Waals surface area contributed by atoms with Crippen molar-refractivity contribution in [2.24, 2.45) is 0 Å². The molecule has 0 bridgehead atoms. The number of nitrogens with one attached hydrogen (secondary N) is 2. The van der Waals surface area contributed by atoms with Crippen molar-refractivity contribution < 1.29 is 4.52 Å². The molecule has 0 aliphatic rings. The summed E-state index contributed by atoms with van der Waals surface area (Å²) in [7, 11) is 0. The molecule has 3 rings (SSSR count). The number of H-pyrrole nitrogens is 1. The van der Waals surface area contributed by atoms with Crippen LogP contribution in [0.2, 0.25) is 0 Å². The van der Waals surface area contributed by atoms with Crippen LogP contribution in [0.25, 0.3) is 11.1 Å². The fourth-order valence-electron chi connectivity index (χ4n) is 2.64. The summed E-state index contributed by atoms with van der Waals surface area (Å²) in [6, 6.07) is 12.0. The molecule has 0 unspecified atom stereocenters. The van der Waals surface area contributed by atoms with Crippen LogP contribution in [0.5, 0.6) is 0 Å². The van der Waals surface area contributed by atoms with E-state index in [1.165, 1.54) is 5.56 Å². The predicted molar refractivity (Wildman–Crippen MR) is 90.7 cm³/mol. The maximum absolute atomic E-state index is 12.0. The lowest BCUT2D eigenvalue weighted by atomic mass is 10.1. The van der Waals surface area contributed by atoms with Crippen LogP contribution in [-0.2, 0) is 6.42 Å². The van der Waals surface area contributed by atoms with Gasteiger partial charge in [0, 0.05) is 23.9 Å². The molecular weight excluding hydrogens is 290 g/mol. The first kappa shape index (κ1) is 15.1. The van der Waals surface area contributed by atoms with Gasteiger partial charge >= 0.3 is 0 Å². The SMILES string of the molecule is Cc1noc(C)c1-c1c[nH]c(=O)c(NCCc2ccccc2)c1. The van der Waals surface area contributed by atoms with Gasteiger partial charge in [-0.05, 0) is 31.9 Å². The zero-order chi connectivity index (χ0) is 16.2. The number of aromatic amines is 1. The Balaban J connectivity index is 1.77. The third-order valence-electron chi connectivity index (χ3n) is 3.80. The van der Waals surface area contributed by atoms with Crippen LogP contribution >= 0.6 is 0 Å². The summed E-state index contributed by atoms with van der Waals surface area (Å²) in [5, 5.41) is 7.17. The Labute approximate surface area is 134 Å². The quantitative estimate of drug-likeness (QED) is 0.758. The number of nitrogens with zero attached hydrogens (tertiary/aromatic N) is 1. The van der Waals surface area contributed by atoms with Gasteiger partial charge in [0.2, 0.25) is 0 Å². The van der Waals surface area contributed by atoms with E-state index in [0.29, 0.717) is 12.2 Å². The summed E-state index contributed by atoms with van der Waals surface area (Å²) >= 11 is 0. The van der Waals surface area contributed by atoms with Gasteiger partial charge < -0.3 is 14.8 Å². The second-order valence-corrected chi connectivity index (χ2v) is 5.49. The molecule has 0 aliphatic heterocycles. The number of benzene rings is 1. The van der Waals surface area contributed by atoms with E-state index in [4.69, 9.17) is 4.52 Å². The van der Waals surface area contributed by atoms with Crippen molar-refractivity contribution in [3.63, 3.8) is 0 Å². The molecule has 118 valence electrons. The molecule has 0 saturated heterocycles. The topological polar surface area (TPSA) is 70.9 Å². The lowest BCUT2D eigenvalue weighted by molar-refractivity contribution is 0.393. The predicted octanol–water partition coefficient (Wildman–Crippen LogP) is 3.30. The van der Waals surface area contributed by atoms with Crippen molar-refractivity contribution in [3.05, 3.63) is 70.0 Å². The van der Waals surface area contributed by atoms with Crippen LogP contribution in [0.15, 0.2) is 51.9 Å². The molecule has 0 amide bonds. The third kappa shape index (κ3) is 3.34. The Morgan fingerprint density at radius 1 is 1.22 bits per heavy atom. The molecule has 2 heterocycles. The third-order valence-corrected chi connectivity index (χ3v) is 3.80. The van der Waals surface area contributed by atoms with E-state index in [1.807, 2.05) is 38.1 Å². The minimum atomic E-state index is -0.131. The van der Waals surface area contributed by atoms with Crippen LogP contribution in [-0.4, -0.2) is 16.7 Å². The molecule has 0 fully saturated rings. The lowest BCUT2D eigenvalue weighted by Gasteiger charge is -2.08. The molecule has 2 N–H and O–H groups in total. The summed E-state index contributed by atoms with van der Waals surface area (Å²) in [5.41, 5.74) is 4.28. The Kier molecular flexibility index (Phi) is 4.28. The van der Waals surface area contributed by atoms with Crippen LogP contribution in [0.4, 0.5) is 5.69 Å². The molecule has 5 nitrogen and oxygen atoms in total. The first-order valence-electron chi connectivity index (χ1n) is 7.59. The van der Waals surface area contributed by atoms with Crippen LogP contribution in [0, 0.1) is 13.8 Å². The standard InChI is InChI=1S/C18H19N3O2/c1-12-17(13(2)23-21-12)15-10-16(18(22)20-11-15)19-9-8-14-6-4-3-5-7-14/h3-7,10-11,19H,8-9H2,1-2H3,(H,20,22). The summed E-state index contributed by atoms with van der Waals surface area (Å²) < 4.78 is 5.20. The van der Waals surface area contributed by atoms with Gasteiger partial charge in [0.15, 0.2) is 0 Å². The first-order valence-corrected chi connectivity index (χ1v) is 7.59. The molecule has 0 spiro atoms. The van der Waals surface area contributed by atoms with Crippen molar-refractivity contribution in [2.45, 2.75) is 20.3 Å². The molecule has 5 heteroatoms. The lowest BCUT2D eigenvalue weighted by Crippen LogP contribution is -2.15. The largest absolute Gasteiger partial charge is 0.380 e. The summed E-state index contributed by atoms with van der Waals surface area (Å²) in [5.74, 6) is 0.741. The zero-order valence-corrected chi connectivity index (χ0v) is 13.2. The molecule has 0 aliphatic carbocycles. The van der Waals surface area contributed by atoms with Gasteiger partial charge in [-0.15, -0.1) is 0 Å². The fourth-order valence-corrected chi connectivity index (χ4v) is 2.64. The van der Waals surface area contributed by atoms with E-state index in [9.17, 15) is 4.79 Å². The monoisotopic (exact) mass is 309 g/mol. The molecule has 3 aromatic rings. The van der Waals surface area contributed by atoms with Gasteiger partial charge in [-0.25, -0.2) is 0 Å². The van der Waals surface area contributed by atoms with Gasteiger partial charge in [-0.2, -0.15) is 0 Å². The summed E-state index contributed by atoms with van der Waals surface area (Å²) in [6.45, 7) is 4.44. The van der Waals surface area contributed by atoms with E-state index < -0.39 is 0 Å². The highest BCUT2D eigenvalue weighted by molar-refractivity contribution is 5.70. The van der Waals surface area contributed by atoms with Gasteiger partial charge in [0.05, 0.1) is 5.69 Å². The van der Waals surface area contributed by atoms with Crippen molar-refractivity contribution in [2.75, 3.05) is 11.9 Å². The molecule has 0 saturated carbocycles. The fraction of sp³-hybridized carbons (Fsp3) is 0.222. The molecular formula is C18H19N3O2. The van der Waals surface area contributed by atoms with Crippen molar-refractivity contribution >= 4 is 5.69 Å². The van der Waals surface area contributed by atoms with E-state index in [1.54, 1.807) is 6.20 Å². The zero-order valence-electron chi connectivity index (χ0n) is 13.2.